The Balaban J connectivity index is 2.96. The molecule has 0 unspecified atom stereocenters. The predicted octanol–water partition coefficient (Wildman–Crippen LogP) is -2.75. The first-order valence-electron chi connectivity index (χ1n) is 10.8. The molecular weight excluding hydrogens is 464 g/mol. The summed E-state index contributed by atoms with van der Waals surface area (Å²) >= 11 is 3.93. The van der Waals surface area contributed by atoms with Crippen molar-refractivity contribution in [2.75, 3.05) is 18.9 Å². The fraction of sp³-hybridized carbons (Fsp3) is 0.524. The maximum absolute atomic E-state index is 13.0. The van der Waals surface area contributed by atoms with Crippen LogP contribution in [0.5, 0.6) is 5.75 Å². The number of aromatic hydroxyl groups is 1. The summed E-state index contributed by atoms with van der Waals surface area (Å²) < 4.78 is 0. The second-order valence-electron chi connectivity index (χ2n) is 7.71. The highest BCUT2D eigenvalue weighted by Crippen LogP contribution is 2.12. The van der Waals surface area contributed by atoms with Crippen LogP contribution in [0.1, 0.15) is 24.8 Å². The minimum absolute atomic E-state index is 0.0215. The Hall–Kier alpha value is -2.87. The fourth-order valence-electron chi connectivity index (χ4n) is 2.94. The van der Waals surface area contributed by atoms with Gasteiger partial charge in [-0.15, -0.1) is 0 Å². The number of phenols is 1. The maximum Gasteiger partial charge on any atom is 0.245 e. The van der Waals surface area contributed by atoms with Crippen LogP contribution < -0.4 is 33.2 Å². The summed E-state index contributed by atoms with van der Waals surface area (Å²) in [4.78, 5) is 49.3. The van der Waals surface area contributed by atoms with E-state index in [9.17, 15) is 29.4 Å². The molecule has 34 heavy (non-hydrogen) atoms. The first kappa shape index (κ1) is 29.2. The van der Waals surface area contributed by atoms with Gasteiger partial charge in [0, 0.05) is 12.2 Å². The van der Waals surface area contributed by atoms with E-state index < -0.39 is 54.4 Å². The molecule has 0 fully saturated rings. The van der Waals surface area contributed by atoms with Gasteiger partial charge in [-0.25, -0.2) is 0 Å². The standard InChI is InChI=1S/C21H34N6O6S/c22-8-2-1-3-14(23)19(31)25-15(9-12-4-6-13(29)7-5-12)20(32)26-16(10-28)21(33)27-17(11-34)18(24)30/h4-7,14-17,28-29,34H,1-3,8-11,22-23H2,(H2,24,30)(H,25,31)(H,26,32)(H,27,33)/t14-,15-,16-,17-/m0/s1. The Bertz CT molecular complexity index is 824. The van der Waals surface area contributed by atoms with E-state index >= 15 is 0 Å². The number of nitrogens with one attached hydrogen (secondary N) is 3. The van der Waals surface area contributed by atoms with Gasteiger partial charge in [0.25, 0.3) is 0 Å². The highest BCUT2D eigenvalue weighted by molar-refractivity contribution is 7.80. The highest BCUT2D eigenvalue weighted by atomic mass is 32.1. The smallest absolute Gasteiger partial charge is 0.245 e. The third-order valence-corrected chi connectivity index (χ3v) is 5.34. The molecule has 0 spiro atoms. The quantitative estimate of drug-likeness (QED) is 0.0908. The van der Waals surface area contributed by atoms with E-state index in [4.69, 9.17) is 17.2 Å². The zero-order valence-corrected chi connectivity index (χ0v) is 19.7. The van der Waals surface area contributed by atoms with Gasteiger partial charge in [-0.1, -0.05) is 18.6 Å². The molecule has 12 nitrogen and oxygen atoms in total. The average Bonchev–Trinajstić information content (AvgIpc) is 2.81. The fourth-order valence-corrected chi connectivity index (χ4v) is 3.21. The second kappa shape index (κ2) is 15.1. The molecule has 0 saturated carbocycles. The maximum atomic E-state index is 13.0. The van der Waals surface area contributed by atoms with E-state index in [0.717, 1.165) is 0 Å². The molecule has 0 aliphatic rings. The molecule has 11 N–H and O–H groups in total. The zero-order chi connectivity index (χ0) is 25.7. The van der Waals surface area contributed by atoms with Crippen LogP contribution in [0.3, 0.4) is 0 Å². The number of carbonyl (C=O) groups excluding carboxylic acids is 4. The number of benzene rings is 1. The molecule has 4 amide bonds. The first-order valence-corrected chi connectivity index (χ1v) is 11.4. The van der Waals surface area contributed by atoms with Gasteiger partial charge in [0.2, 0.25) is 23.6 Å². The molecule has 0 radical (unpaired) electrons. The number of unbranched alkanes of at least 4 members (excludes halogenated alkanes) is 1. The summed E-state index contributed by atoms with van der Waals surface area (Å²) in [6.07, 6.45) is 1.73. The SMILES string of the molecule is NCCCC[C@H](N)C(=O)N[C@@H](Cc1ccc(O)cc1)C(=O)N[C@@H](CO)C(=O)N[C@@H](CS)C(N)=O. The number of nitrogens with two attached hydrogens (primary N) is 3. The van der Waals surface area contributed by atoms with Crippen molar-refractivity contribution in [2.24, 2.45) is 17.2 Å². The van der Waals surface area contributed by atoms with Crippen LogP contribution in [0.2, 0.25) is 0 Å². The summed E-state index contributed by atoms with van der Waals surface area (Å²) in [6, 6.07) is 1.48. The molecule has 0 bridgehead atoms. The Morgan fingerprint density at radius 2 is 1.47 bits per heavy atom. The molecule has 13 heteroatoms. The largest absolute Gasteiger partial charge is 0.508 e. The predicted molar refractivity (Wildman–Crippen MR) is 129 cm³/mol. The summed E-state index contributed by atoms with van der Waals surface area (Å²) in [5.41, 5.74) is 17.2. The second-order valence-corrected chi connectivity index (χ2v) is 8.08. The van der Waals surface area contributed by atoms with Gasteiger partial charge in [-0.2, -0.15) is 12.6 Å². The molecule has 4 atom stereocenters. The number of amides is 4. The van der Waals surface area contributed by atoms with Crippen molar-refractivity contribution in [3.8, 4) is 5.75 Å². The summed E-state index contributed by atoms with van der Waals surface area (Å²) in [5.74, 6) is -3.04. The van der Waals surface area contributed by atoms with Gasteiger partial charge < -0.3 is 43.4 Å². The number of phenolic OH excluding ortho intramolecular Hbond substituents is 1. The van der Waals surface area contributed by atoms with Gasteiger partial charge in [0.1, 0.15) is 23.9 Å². The highest BCUT2D eigenvalue weighted by Gasteiger charge is 2.29. The average molecular weight is 499 g/mol. The monoisotopic (exact) mass is 498 g/mol. The number of rotatable bonds is 15. The van der Waals surface area contributed by atoms with Crippen LogP contribution >= 0.6 is 12.6 Å². The lowest BCUT2D eigenvalue weighted by molar-refractivity contribution is -0.134. The van der Waals surface area contributed by atoms with E-state index in [2.05, 4.69) is 28.6 Å². The van der Waals surface area contributed by atoms with Crippen molar-refractivity contribution in [1.82, 2.24) is 16.0 Å². The van der Waals surface area contributed by atoms with Crippen LogP contribution in [0.25, 0.3) is 0 Å². The normalized spacial score (nSPS) is 14.4. The Morgan fingerprint density at radius 1 is 0.912 bits per heavy atom. The van der Waals surface area contributed by atoms with Crippen LogP contribution in [0, 0.1) is 0 Å². The molecule has 0 aromatic heterocycles. The lowest BCUT2D eigenvalue weighted by Gasteiger charge is -2.24. The van der Waals surface area contributed by atoms with Gasteiger partial charge >= 0.3 is 0 Å². The minimum Gasteiger partial charge on any atom is -0.508 e. The van der Waals surface area contributed by atoms with Crippen molar-refractivity contribution in [1.29, 1.82) is 0 Å². The number of aliphatic hydroxyl groups is 1. The number of aliphatic hydroxyl groups excluding tert-OH is 1. The number of hydrogen-bond acceptors (Lipinski definition) is 9. The summed E-state index contributed by atoms with van der Waals surface area (Å²) in [5, 5.41) is 26.3. The third-order valence-electron chi connectivity index (χ3n) is 4.97. The van der Waals surface area contributed by atoms with Crippen LogP contribution in [0.4, 0.5) is 0 Å². The minimum atomic E-state index is -1.41. The Kier molecular flexibility index (Phi) is 13.0. The Morgan fingerprint density at radius 3 is 2.00 bits per heavy atom. The van der Waals surface area contributed by atoms with E-state index in [1.165, 1.54) is 12.1 Å². The number of thiol groups is 1. The number of primary amides is 1. The molecule has 0 aliphatic carbocycles. The molecule has 0 aliphatic heterocycles. The van der Waals surface area contributed by atoms with Gasteiger partial charge in [-0.05, 0) is 37.1 Å². The van der Waals surface area contributed by atoms with Crippen molar-refractivity contribution < 1.29 is 29.4 Å². The van der Waals surface area contributed by atoms with E-state index in [0.29, 0.717) is 31.4 Å². The topological polar surface area (TPSA) is 223 Å². The lowest BCUT2D eigenvalue weighted by atomic mass is 10.0. The number of hydrogen-bond donors (Lipinski definition) is 9. The molecule has 190 valence electrons. The van der Waals surface area contributed by atoms with Gasteiger partial charge in [0.15, 0.2) is 0 Å². The lowest BCUT2D eigenvalue weighted by Crippen LogP contribution is -2.59. The van der Waals surface area contributed by atoms with Crippen molar-refractivity contribution in [3.63, 3.8) is 0 Å². The van der Waals surface area contributed by atoms with Crippen LogP contribution in [-0.4, -0.2) is 76.9 Å². The van der Waals surface area contributed by atoms with E-state index in [1.807, 2.05) is 0 Å². The summed E-state index contributed by atoms with van der Waals surface area (Å²) in [7, 11) is 0. The molecular formula is C21H34N6O6S. The van der Waals surface area contributed by atoms with E-state index in [1.54, 1.807) is 12.1 Å². The van der Waals surface area contributed by atoms with Crippen molar-refractivity contribution in [3.05, 3.63) is 29.8 Å². The Labute approximate surface area is 203 Å². The van der Waals surface area contributed by atoms with Gasteiger partial charge in [0.05, 0.1) is 12.6 Å². The van der Waals surface area contributed by atoms with Gasteiger partial charge in [-0.3, -0.25) is 19.2 Å². The molecule has 0 heterocycles. The molecule has 1 aromatic carbocycles. The first-order chi connectivity index (χ1) is 16.1. The number of carbonyl (C=O) groups is 4. The molecule has 1 aromatic rings. The third kappa shape index (κ3) is 9.95. The van der Waals surface area contributed by atoms with Crippen LogP contribution in [-0.2, 0) is 25.6 Å². The van der Waals surface area contributed by atoms with Crippen molar-refractivity contribution in [2.45, 2.75) is 49.9 Å². The van der Waals surface area contributed by atoms with Crippen LogP contribution in [0.15, 0.2) is 24.3 Å². The molecule has 0 saturated heterocycles. The zero-order valence-electron chi connectivity index (χ0n) is 18.8. The van der Waals surface area contributed by atoms with Crippen molar-refractivity contribution >= 4 is 36.3 Å². The van der Waals surface area contributed by atoms with E-state index in [-0.39, 0.29) is 17.9 Å². The summed E-state index contributed by atoms with van der Waals surface area (Å²) in [6.45, 7) is -0.303. The molecule has 1 rings (SSSR count).